The van der Waals surface area contributed by atoms with Crippen LogP contribution in [0.4, 0.5) is 0 Å². The molecule has 1 saturated heterocycles. The molecule has 1 amide bonds. The van der Waals surface area contributed by atoms with Crippen molar-refractivity contribution in [3.05, 3.63) is 17.0 Å². The number of thioether (sulfide) groups is 1. The SMILES string of the molecule is CSc1nc2nc(C)c(CC(=O)OC(C)C(=O)N3CCCCCC3)c(C)n2n1. The van der Waals surface area contributed by atoms with Crippen LogP contribution in [-0.2, 0) is 20.7 Å². The highest BCUT2D eigenvalue weighted by atomic mass is 32.2. The Morgan fingerprint density at radius 2 is 1.82 bits per heavy atom. The molecule has 3 rings (SSSR count). The Balaban J connectivity index is 1.69. The number of aryl methyl sites for hydroxylation is 2. The molecule has 1 unspecified atom stereocenters. The minimum Gasteiger partial charge on any atom is -0.452 e. The van der Waals surface area contributed by atoms with E-state index in [9.17, 15) is 9.59 Å². The van der Waals surface area contributed by atoms with Gasteiger partial charge in [-0.1, -0.05) is 24.6 Å². The first kappa shape index (κ1) is 20.6. The summed E-state index contributed by atoms with van der Waals surface area (Å²) in [7, 11) is 0. The number of nitrogens with zero attached hydrogens (tertiary/aromatic N) is 5. The summed E-state index contributed by atoms with van der Waals surface area (Å²) in [6.45, 7) is 6.85. The van der Waals surface area contributed by atoms with Gasteiger partial charge in [0.2, 0.25) is 5.16 Å². The van der Waals surface area contributed by atoms with E-state index in [1.54, 1.807) is 11.4 Å². The van der Waals surface area contributed by atoms with Crippen LogP contribution in [0.3, 0.4) is 0 Å². The van der Waals surface area contributed by atoms with Crippen molar-refractivity contribution in [2.75, 3.05) is 19.3 Å². The van der Waals surface area contributed by atoms with Crippen molar-refractivity contribution >= 4 is 29.4 Å². The number of rotatable bonds is 5. The van der Waals surface area contributed by atoms with Gasteiger partial charge in [-0.15, -0.1) is 5.10 Å². The van der Waals surface area contributed by atoms with Gasteiger partial charge in [-0.2, -0.15) is 4.98 Å². The molecule has 3 heterocycles. The minimum absolute atomic E-state index is 0.0483. The molecule has 2 aromatic rings. The first-order valence-electron chi connectivity index (χ1n) is 9.65. The topological polar surface area (TPSA) is 89.7 Å². The molecule has 0 radical (unpaired) electrons. The average molecular weight is 406 g/mol. The van der Waals surface area contributed by atoms with Crippen LogP contribution in [0.15, 0.2) is 5.16 Å². The molecule has 0 spiro atoms. The molecule has 152 valence electrons. The standard InChI is InChI=1S/C19H27N5O3S/c1-12-15(13(2)24-18(20-12)21-19(22-24)28-4)11-16(25)27-14(3)17(26)23-9-7-5-6-8-10-23/h14H,5-11H2,1-4H3. The van der Waals surface area contributed by atoms with Gasteiger partial charge in [0, 0.05) is 30.0 Å². The normalized spacial score (nSPS) is 16.1. The number of ether oxygens (including phenoxy) is 1. The molecular formula is C19H27N5O3S. The number of likely N-dealkylation sites (tertiary alicyclic amines) is 1. The smallest absolute Gasteiger partial charge is 0.311 e. The van der Waals surface area contributed by atoms with E-state index in [-0.39, 0.29) is 12.3 Å². The number of carbonyl (C=O) groups excluding carboxylic acids is 2. The van der Waals surface area contributed by atoms with Gasteiger partial charge in [-0.3, -0.25) is 9.59 Å². The van der Waals surface area contributed by atoms with E-state index >= 15 is 0 Å². The Labute approximate surface area is 169 Å². The van der Waals surface area contributed by atoms with Crippen molar-refractivity contribution in [2.45, 2.75) is 64.1 Å². The summed E-state index contributed by atoms with van der Waals surface area (Å²) in [4.78, 5) is 35.7. The van der Waals surface area contributed by atoms with Crippen molar-refractivity contribution < 1.29 is 14.3 Å². The summed E-state index contributed by atoms with van der Waals surface area (Å²) in [5, 5.41) is 5.02. The van der Waals surface area contributed by atoms with Crippen LogP contribution < -0.4 is 0 Å². The first-order chi connectivity index (χ1) is 13.4. The van der Waals surface area contributed by atoms with E-state index in [0.29, 0.717) is 16.6 Å². The quantitative estimate of drug-likeness (QED) is 0.557. The van der Waals surface area contributed by atoms with Crippen LogP contribution in [0.2, 0.25) is 0 Å². The van der Waals surface area contributed by atoms with Gasteiger partial charge < -0.3 is 9.64 Å². The maximum absolute atomic E-state index is 12.6. The summed E-state index contributed by atoms with van der Waals surface area (Å²) >= 11 is 1.44. The zero-order chi connectivity index (χ0) is 20.3. The lowest BCUT2D eigenvalue weighted by atomic mass is 10.1. The second-order valence-corrected chi connectivity index (χ2v) is 7.89. The number of hydrogen-bond acceptors (Lipinski definition) is 7. The van der Waals surface area contributed by atoms with Crippen molar-refractivity contribution in [3.63, 3.8) is 0 Å². The van der Waals surface area contributed by atoms with Gasteiger partial charge >= 0.3 is 5.97 Å². The Hall–Kier alpha value is -2.16. The Kier molecular flexibility index (Phi) is 6.53. The second-order valence-electron chi connectivity index (χ2n) is 7.12. The molecular weight excluding hydrogens is 378 g/mol. The number of esters is 1. The zero-order valence-electron chi connectivity index (χ0n) is 16.9. The lowest BCUT2D eigenvalue weighted by molar-refractivity contribution is -0.158. The van der Waals surface area contributed by atoms with E-state index < -0.39 is 12.1 Å². The van der Waals surface area contributed by atoms with E-state index in [2.05, 4.69) is 15.1 Å². The van der Waals surface area contributed by atoms with Gasteiger partial charge in [-0.25, -0.2) is 9.50 Å². The van der Waals surface area contributed by atoms with Gasteiger partial charge in [0.1, 0.15) is 0 Å². The van der Waals surface area contributed by atoms with Crippen LogP contribution in [0.5, 0.6) is 0 Å². The predicted octanol–water partition coefficient (Wildman–Crippen LogP) is 2.34. The lowest BCUT2D eigenvalue weighted by Crippen LogP contribution is -2.40. The van der Waals surface area contributed by atoms with Crippen LogP contribution in [0.25, 0.3) is 5.78 Å². The maximum atomic E-state index is 12.6. The molecule has 1 aliphatic heterocycles. The summed E-state index contributed by atoms with van der Waals surface area (Å²) in [5.74, 6) is -0.0347. The number of aromatic nitrogens is 4. The lowest BCUT2D eigenvalue weighted by Gasteiger charge is -2.24. The highest BCUT2D eigenvalue weighted by molar-refractivity contribution is 7.98. The third-order valence-corrected chi connectivity index (χ3v) is 5.65. The van der Waals surface area contributed by atoms with Crippen LogP contribution in [0, 0.1) is 13.8 Å². The van der Waals surface area contributed by atoms with Gasteiger partial charge in [0.15, 0.2) is 6.10 Å². The molecule has 0 N–H and O–H groups in total. The summed E-state index contributed by atoms with van der Waals surface area (Å²) in [6.07, 6.45) is 5.47. The van der Waals surface area contributed by atoms with Crippen LogP contribution in [0.1, 0.15) is 49.6 Å². The van der Waals surface area contributed by atoms with E-state index in [1.807, 2.05) is 25.0 Å². The zero-order valence-corrected chi connectivity index (χ0v) is 17.7. The third-order valence-electron chi connectivity index (χ3n) is 5.11. The fraction of sp³-hybridized carbons (Fsp3) is 0.632. The summed E-state index contributed by atoms with van der Waals surface area (Å²) in [5.41, 5.74) is 2.27. The van der Waals surface area contributed by atoms with Crippen molar-refractivity contribution in [3.8, 4) is 0 Å². The molecule has 28 heavy (non-hydrogen) atoms. The highest BCUT2D eigenvalue weighted by Crippen LogP contribution is 2.18. The number of fused-ring (bicyclic) bond motifs is 1. The number of amides is 1. The Morgan fingerprint density at radius 3 is 2.46 bits per heavy atom. The fourth-order valence-electron chi connectivity index (χ4n) is 3.51. The number of carbonyl (C=O) groups is 2. The third kappa shape index (κ3) is 4.45. The fourth-order valence-corrected chi connectivity index (χ4v) is 3.85. The van der Waals surface area contributed by atoms with E-state index in [0.717, 1.165) is 50.0 Å². The van der Waals surface area contributed by atoms with Crippen molar-refractivity contribution in [1.29, 1.82) is 0 Å². The Morgan fingerprint density at radius 1 is 1.14 bits per heavy atom. The molecule has 2 aromatic heterocycles. The summed E-state index contributed by atoms with van der Waals surface area (Å²) in [6, 6.07) is 0. The van der Waals surface area contributed by atoms with E-state index in [1.165, 1.54) is 11.8 Å². The molecule has 9 heteroatoms. The van der Waals surface area contributed by atoms with Crippen LogP contribution in [-0.4, -0.2) is 61.8 Å². The number of hydrogen-bond donors (Lipinski definition) is 0. The van der Waals surface area contributed by atoms with E-state index in [4.69, 9.17) is 4.74 Å². The van der Waals surface area contributed by atoms with Crippen molar-refractivity contribution in [1.82, 2.24) is 24.5 Å². The molecule has 0 saturated carbocycles. The molecule has 1 fully saturated rings. The molecule has 8 nitrogen and oxygen atoms in total. The summed E-state index contributed by atoms with van der Waals surface area (Å²) < 4.78 is 7.10. The highest BCUT2D eigenvalue weighted by Gasteiger charge is 2.25. The molecule has 0 aromatic carbocycles. The van der Waals surface area contributed by atoms with Crippen LogP contribution >= 0.6 is 11.8 Å². The minimum atomic E-state index is -0.780. The van der Waals surface area contributed by atoms with Gasteiger partial charge in [0.25, 0.3) is 11.7 Å². The molecule has 1 aliphatic rings. The molecule has 0 bridgehead atoms. The first-order valence-corrected chi connectivity index (χ1v) is 10.9. The maximum Gasteiger partial charge on any atom is 0.311 e. The molecule has 1 atom stereocenters. The van der Waals surface area contributed by atoms with Crippen molar-refractivity contribution in [2.24, 2.45) is 0 Å². The Bertz CT molecular complexity index is 874. The van der Waals surface area contributed by atoms with Gasteiger partial charge in [-0.05, 0) is 39.9 Å². The largest absolute Gasteiger partial charge is 0.452 e. The second kappa shape index (κ2) is 8.89. The molecule has 0 aliphatic carbocycles. The monoisotopic (exact) mass is 405 g/mol. The average Bonchev–Trinajstić information content (AvgIpc) is 2.89. The van der Waals surface area contributed by atoms with Gasteiger partial charge in [0.05, 0.1) is 6.42 Å². The predicted molar refractivity (Wildman–Crippen MR) is 106 cm³/mol.